The molecule has 132 valence electrons. The first-order valence-corrected chi connectivity index (χ1v) is 8.98. The van der Waals surface area contributed by atoms with Crippen molar-refractivity contribution in [2.45, 2.75) is 18.8 Å². The highest BCUT2D eigenvalue weighted by molar-refractivity contribution is 6.33. The number of carbonyl (C=O) groups excluding carboxylic acids is 1. The van der Waals surface area contributed by atoms with Gasteiger partial charge >= 0.3 is 0 Å². The molecule has 1 aliphatic rings. The monoisotopic (exact) mass is 367 g/mol. The number of carbonyl (C=O) groups is 1. The Balaban J connectivity index is 1.33. The fourth-order valence-corrected chi connectivity index (χ4v) is 3.26. The Kier molecular flexibility index (Phi) is 4.71. The third-order valence-electron chi connectivity index (χ3n) is 4.59. The predicted octanol–water partition coefficient (Wildman–Crippen LogP) is 3.75. The van der Waals surface area contributed by atoms with Gasteiger partial charge in [0.25, 0.3) is 5.91 Å². The third kappa shape index (κ3) is 3.48. The molecule has 26 heavy (non-hydrogen) atoms. The minimum atomic E-state index is -0.0596. The van der Waals surface area contributed by atoms with E-state index < -0.39 is 0 Å². The van der Waals surface area contributed by atoms with Gasteiger partial charge < -0.3 is 9.42 Å². The summed E-state index contributed by atoms with van der Waals surface area (Å²) in [5, 5.41) is 4.54. The van der Waals surface area contributed by atoms with Gasteiger partial charge in [-0.1, -0.05) is 59.2 Å². The molecule has 1 aliphatic heterocycles. The van der Waals surface area contributed by atoms with Crippen LogP contribution in [0.15, 0.2) is 59.1 Å². The van der Waals surface area contributed by atoms with Crippen LogP contribution in [0.4, 0.5) is 0 Å². The summed E-state index contributed by atoms with van der Waals surface area (Å²) in [4.78, 5) is 18.7. The number of hydrogen-bond donors (Lipinski definition) is 0. The van der Waals surface area contributed by atoms with Crippen molar-refractivity contribution in [3.05, 3.63) is 82.5 Å². The van der Waals surface area contributed by atoms with E-state index in [-0.39, 0.29) is 11.8 Å². The van der Waals surface area contributed by atoms with E-state index >= 15 is 0 Å². The molecule has 3 aromatic rings. The number of hydrogen-bond acceptors (Lipinski definition) is 4. The van der Waals surface area contributed by atoms with Crippen molar-refractivity contribution in [2.24, 2.45) is 0 Å². The number of nitrogens with zero attached hydrogens (tertiary/aromatic N) is 3. The summed E-state index contributed by atoms with van der Waals surface area (Å²) < 4.78 is 5.39. The molecule has 0 bridgehead atoms. The van der Waals surface area contributed by atoms with E-state index in [1.54, 1.807) is 17.0 Å². The van der Waals surface area contributed by atoms with Gasteiger partial charge in [-0.15, -0.1) is 0 Å². The van der Waals surface area contributed by atoms with Gasteiger partial charge in [0.05, 0.1) is 16.5 Å². The maximum absolute atomic E-state index is 12.5. The molecule has 1 aromatic heterocycles. The van der Waals surface area contributed by atoms with Gasteiger partial charge in [0.2, 0.25) is 5.89 Å². The van der Waals surface area contributed by atoms with Crippen LogP contribution in [-0.2, 0) is 12.8 Å². The molecule has 0 radical (unpaired) electrons. The zero-order valence-corrected chi connectivity index (χ0v) is 14.9. The summed E-state index contributed by atoms with van der Waals surface area (Å²) in [5.41, 5.74) is 1.78. The molecule has 1 fully saturated rings. The van der Waals surface area contributed by atoms with Crippen LogP contribution in [-0.4, -0.2) is 34.0 Å². The van der Waals surface area contributed by atoms with Crippen LogP contribution < -0.4 is 0 Å². The highest BCUT2D eigenvalue weighted by Gasteiger charge is 2.36. The molecule has 0 aliphatic carbocycles. The normalized spacial score (nSPS) is 14.3. The Bertz CT molecular complexity index is 904. The zero-order valence-electron chi connectivity index (χ0n) is 14.1. The molecule has 1 amide bonds. The molecule has 2 heterocycles. The first-order chi connectivity index (χ1) is 12.7. The number of benzene rings is 2. The maximum Gasteiger partial charge on any atom is 0.255 e. The molecule has 0 N–H and O–H groups in total. The zero-order chi connectivity index (χ0) is 17.9. The van der Waals surface area contributed by atoms with Gasteiger partial charge in [-0.05, 0) is 24.1 Å². The SMILES string of the molecule is O=C(c1ccccc1Cl)N1CC(c2nc(CCc3ccccc3)no2)C1. The van der Waals surface area contributed by atoms with Crippen LogP contribution in [0.1, 0.15) is 33.6 Å². The largest absolute Gasteiger partial charge is 0.339 e. The minimum absolute atomic E-state index is 0.0596. The van der Waals surface area contributed by atoms with Crippen molar-refractivity contribution >= 4 is 17.5 Å². The van der Waals surface area contributed by atoms with Gasteiger partial charge in [0.15, 0.2) is 5.82 Å². The van der Waals surface area contributed by atoms with Crippen LogP contribution in [0.25, 0.3) is 0 Å². The topological polar surface area (TPSA) is 59.2 Å². The lowest BCUT2D eigenvalue weighted by Crippen LogP contribution is -2.48. The van der Waals surface area contributed by atoms with E-state index in [2.05, 4.69) is 22.3 Å². The Morgan fingerprint density at radius 2 is 1.81 bits per heavy atom. The van der Waals surface area contributed by atoms with Crippen LogP contribution >= 0.6 is 11.6 Å². The lowest BCUT2D eigenvalue weighted by molar-refractivity contribution is 0.0569. The van der Waals surface area contributed by atoms with Crippen LogP contribution in [0.3, 0.4) is 0 Å². The summed E-state index contributed by atoms with van der Waals surface area (Å²) in [5.74, 6) is 1.35. The summed E-state index contributed by atoms with van der Waals surface area (Å²) in [6.45, 7) is 1.15. The molecular weight excluding hydrogens is 350 g/mol. The van der Waals surface area contributed by atoms with Crippen molar-refractivity contribution in [1.29, 1.82) is 0 Å². The number of halogens is 1. The number of likely N-dealkylation sites (tertiary alicyclic amines) is 1. The maximum atomic E-state index is 12.5. The first-order valence-electron chi connectivity index (χ1n) is 8.61. The Morgan fingerprint density at radius 1 is 1.08 bits per heavy atom. The van der Waals surface area contributed by atoms with E-state index in [0.29, 0.717) is 35.4 Å². The van der Waals surface area contributed by atoms with Crippen molar-refractivity contribution in [3.63, 3.8) is 0 Å². The van der Waals surface area contributed by atoms with Gasteiger partial charge in [-0.3, -0.25) is 4.79 Å². The van der Waals surface area contributed by atoms with Crippen molar-refractivity contribution in [3.8, 4) is 0 Å². The second-order valence-corrected chi connectivity index (χ2v) is 6.83. The summed E-state index contributed by atoms with van der Waals surface area (Å²) in [7, 11) is 0. The highest BCUT2D eigenvalue weighted by atomic mass is 35.5. The smallest absolute Gasteiger partial charge is 0.255 e. The van der Waals surface area contributed by atoms with Gasteiger partial charge in [0, 0.05) is 19.5 Å². The number of aromatic nitrogens is 2. The third-order valence-corrected chi connectivity index (χ3v) is 4.92. The van der Waals surface area contributed by atoms with Crippen molar-refractivity contribution < 1.29 is 9.32 Å². The lowest BCUT2D eigenvalue weighted by Gasteiger charge is -2.37. The molecular formula is C20H18ClN3O2. The van der Waals surface area contributed by atoms with Crippen molar-refractivity contribution in [1.82, 2.24) is 15.0 Å². The van der Waals surface area contributed by atoms with E-state index in [9.17, 15) is 4.79 Å². The lowest BCUT2D eigenvalue weighted by atomic mass is 9.98. The molecule has 6 heteroatoms. The molecule has 4 rings (SSSR count). The molecule has 0 saturated carbocycles. The van der Waals surface area contributed by atoms with E-state index in [4.69, 9.17) is 16.1 Å². The second-order valence-electron chi connectivity index (χ2n) is 6.42. The number of rotatable bonds is 5. The quantitative estimate of drug-likeness (QED) is 0.689. The molecule has 0 atom stereocenters. The second kappa shape index (κ2) is 7.30. The number of amides is 1. The van der Waals surface area contributed by atoms with Crippen molar-refractivity contribution in [2.75, 3.05) is 13.1 Å². The Morgan fingerprint density at radius 3 is 2.58 bits per heavy atom. The number of aryl methyl sites for hydroxylation is 2. The Labute approximate surface area is 156 Å². The summed E-state index contributed by atoms with van der Waals surface area (Å²) in [6, 6.07) is 17.3. The van der Waals surface area contributed by atoms with E-state index in [1.165, 1.54) is 5.56 Å². The standard InChI is InChI=1S/C20H18ClN3O2/c21-17-9-5-4-8-16(17)20(25)24-12-15(13-24)19-22-18(23-26-19)11-10-14-6-2-1-3-7-14/h1-9,15H,10-13H2. The fourth-order valence-electron chi connectivity index (χ4n) is 3.04. The van der Waals surface area contributed by atoms with E-state index in [1.807, 2.05) is 30.3 Å². The molecule has 2 aromatic carbocycles. The van der Waals surface area contributed by atoms with Gasteiger partial charge in [-0.2, -0.15) is 4.98 Å². The molecule has 5 nitrogen and oxygen atoms in total. The average molecular weight is 368 g/mol. The fraction of sp³-hybridized carbons (Fsp3) is 0.250. The minimum Gasteiger partial charge on any atom is -0.339 e. The molecule has 0 spiro atoms. The van der Waals surface area contributed by atoms with Crippen LogP contribution in [0.2, 0.25) is 5.02 Å². The van der Waals surface area contributed by atoms with Crippen LogP contribution in [0, 0.1) is 0 Å². The highest BCUT2D eigenvalue weighted by Crippen LogP contribution is 2.28. The van der Waals surface area contributed by atoms with Crippen LogP contribution in [0.5, 0.6) is 0 Å². The molecule has 1 saturated heterocycles. The summed E-state index contributed by atoms with van der Waals surface area (Å²) >= 11 is 6.10. The first kappa shape index (κ1) is 16.8. The summed E-state index contributed by atoms with van der Waals surface area (Å²) in [6.07, 6.45) is 1.62. The van der Waals surface area contributed by atoms with Gasteiger partial charge in [-0.25, -0.2) is 0 Å². The Hall–Kier alpha value is -2.66. The van der Waals surface area contributed by atoms with Gasteiger partial charge in [0.1, 0.15) is 0 Å². The molecule has 0 unspecified atom stereocenters. The van der Waals surface area contributed by atoms with E-state index in [0.717, 1.165) is 12.8 Å². The average Bonchev–Trinajstić information content (AvgIpc) is 3.08. The predicted molar refractivity (Wildman–Crippen MR) is 98.2 cm³/mol.